The van der Waals surface area contributed by atoms with Crippen molar-refractivity contribution in [1.82, 2.24) is 9.55 Å². The maximum absolute atomic E-state index is 10.7. The Kier molecular flexibility index (Phi) is 5.09. The number of fused-ring (bicyclic) bond motifs is 1. The summed E-state index contributed by atoms with van der Waals surface area (Å²) in [5, 5.41) is 9.58. The van der Waals surface area contributed by atoms with Crippen molar-refractivity contribution in [1.29, 1.82) is 0 Å². The highest BCUT2D eigenvalue weighted by Gasteiger charge is 2.12. The molecule has 1 N–H and O–H groups in total. The highest BCUT2D eigenvalue weighted by molar-refractivity contribution is 14.1. The van der Waals surface area contributed by atoms with E-state index in [4.69, 9.17) is 5.11 Å². The number of aromatic nitrogens is 2. The maximum Gasteiger partial charge on any atom is 0.313 e. The van der Waals surface area contributed by atoms with Crippen molar-refractivity contribution < 1.29 is 9.90 Å². The maximum atomic E-state index is 10.7. The van der Waals surface area contributed by atoms with E-state index in [1.807, 2.05) is 32.0 Å². The van der Waals surface area contributed by atoms with Gasteiger partial charge in [-0.05, 0) is 54.6 Å². The molecule has 2 rings (SSSR count). The zero-order chi connectivity index (χ0) is 14.7. The molecule has 1 aromatic carbocycles. The van der Waals surface area contributed by atoms with Crippen LogP contribution in [-0.4, -0.2) is 26.4 Å². The lowest BCUT2D eigenvalue weighted by molar-refractivity contribution is -0.133. The number of aliphatic carboxylic acids is 1. The summed E-state index contributed by atoms with van der Waals surface area (Å²) in [7, 11) is 0. The van der Waals surface area contributed by atoms with Gasteiger partial charge in [0.15, 0.2) is 5.16 Å². The fraction of sp³-hybridized carbons (Fsp3) is 0.286. The van der Waals surface area contributed by atoms with Crippen molar-refractivity contribution in [2.75, 3.05) is 5.75 Å². The second-order valence-electron chi connectivity index (χ2n) is 4.60. The lowest BCUT2D eigenvalue weighted by atomic mass is 10.3. The molecule has 4 nitrogen and oxygen atoms in total. The second kappa shape index (κ2) is 6.62. The third-order valence-electron chi connectivity index (χ3n) is 2.68. The van der Waals surface area contributed by atoms with E-state index in [9.17, 15) is 4.79 Å². The van der Waals surface area contributed by atoms with Crippen LogP contribution in [0, 0.1) is 3.57 Å². The molecule has 0 amide bonds. The van der Waals surface area contributed by atoms with Crippen LogP contribution < -0.4 is 0 Å². The van der Waals surface area contributed by atoms with Gasteiger partial charge < -0.3 is 9.67 Å². The summed E-state index contributed by atoms with van der Waals surface area (Å²) in [6, 6.07) is 6.09. The fourth-order valence-electron chi connectivity index (χ4n) is 1.77. The van der Waals surface area contributed by atoms with Gasteiger partial charge in [-0.2, -0.15) is 0 Å². The van der Waals surface area contributed by atoms with E-state index in [-0.39, 0.29) is 5.75 Å². The smallest absolute Gasteiger partial charge is 0.313 e. The van der Waals surface area contributed by atoms with Crippen molar-refractivity contribution in [2.24, 2.45) is 0 Å². The summed E-state index contributed by atoms with van der Waals surface area (Å²) in [6.07, 6.45) is 2.11. The molecule has 0 unspecified atom stereocenters. The highest BCUT2D eigenvalue weighted by atomic mass is 127. The Morgan fingerprint density at radius 3 is 2.90 bits per heavy atom. The minimum Gasteiger partial charge on any atom is -0.481 e. The summed E-state index contributed by atoms with van der Waals surface area (Å²) in [6.45, 7) is 4.81. The SMILES string of the molecule is CC(C)=CCn1c(SCC(=O)O)nc2cc(I)ccc21. The van der Waals surface area contributed by atoms with Gasteiger partial charge in [0.25, 0.3) is 0 Å². The fourth-order valence-corrected chi connectivity index (χ4v) is 2.99. The van der Waals surface area contributed by atoms with E-state index < -0.39 is 5.97 Å². The molecule has 1 aromatic heterocycles. The highest BCUT2D eigenvalue weighted by Crippen LogP contribution is 2.25. The van der Waals surface area contributed by atoms with Crippen LogP contribution in [0.1, 0.15) is 13.8 Å². The van der Waals surface area contributed by atoms with Crippen LogP contribution in [0.2, 0.25) is 0 Å². The van der Waals surface area contributed by atoms with Crippen LogP contribution in [0.3, 0.4) is 0 Å². The first-order valence-electron chi connectivity index (χ1n) is 6.11. The average Bonchev–Trinajstić information content (AvgIpc) is 2.70. The molecular formula is C14H15IN2O2S. The van der Waals surface area contributed by atoms with E-state index in [2.05, 4.69) is 38.2 Å². The largest absolute Gasteiger partial charge is 0.481 e. The second-order valence-corrected chi connectivity index (χ2v) is 6.79. The summed E-state index contributed by atoms with van der Waals surface area (Å²) in [4.78, 5) is 15.3. The molecule has 0 aliphatic heterocycles. The van der Waals surface area contributed by atoms with E-state index in [0.29, 0.717) is 6.54 Å². The molecule has 0 saturated heterocycles. The number of benzene rings is 1. The van der Waals surface area contributed by atoms with Gasteiger partial charge in [0.05, 0.1) is 16.8 Å². The number of imidazole rings is 1. The number of halogens is 1. The lowest BCUT2D eigenvalue weighted by Gasteiger charge is -2.05. The molecule has 0 radical (unpaired) electrons. The molecule has 1 heterocycles. The number of nitrogens with zero attached hydrogens (tertiary/aromatic N) is 2. The van der Waals surface area contributed by atoms with Gasteiger partial charge in [-0.15, -0.1) is 0 Å². The first-order chi connectivity index (χ1) is 9.47. The molecule has 0 atom stereocenters. The Balaban J connectivity index is 2.44. The standard InChI is InChI=1S/C14H15IN2O2S/c1-9(2)5-6-17-12-4-3-10(15)7-11(12)16-14(17)20-8-13(18)19/h3-5,7H,6,8H2,1-2H3,(H,18,19). The number of hydrogen-bond acceptors (Lipinski definition) is 3. The molecule has 6 heteroatoms. The molecule has 0 fully saturated rings. The number of thioether (sulfide) groups is 1. The number of carboxylic acid groups (broad SMARTS) is 1. The topological polar surface area (TPSA) is 55.1 Å². The van der Waals surface area contributed by atoms with Crippen molar-refractivity contribution in [3.05, 3.63) is 33.4 Å². The van der Waals surface area contributed by atoms with Gasteiger partial charge in [0.2, 0.25) is 0 Å². The average molecular weight is 402 g/mol. The number of carboxylic acids is 1. The van der Waals surface area contributed by atoms with Crippen molar-refractivity contribution >= 4 is 51.4 Å². The molecule has 0 saturated carbocycles. The quantitative estimate of drug-likeness (QED) is 0.470. The minimum atomic E-state index is -0.828. The predicted octanol–water partition coefficient (Wildman–Crippen LogP) is 3.78. The molecule has 106 valence electrons. The third kappa shape index (κ3) is 3.76. The van der Waals surface area contributed by atoms with Gasteiger partial charge in [-0.1, -0.05) is 23.4 Å². The zero-order valence-electron chi connectivity index (χ0n) is 11.3. The first kappa shape index (κ1) is 15.4. The molecule has 2 aromatic rings. The molecule has 0 bridgehead atoms. The van der Waals surface area contributed by atoms with Crippen LogP contribution in [0.25, 0.3) is 11.0 Å². The minimum absolute atomic E-state index is 0.0231. The van der Waals surface area contributed by atoms with Gasteiger partial charge in [-0.25, -0.2) is 4.98 Å². The van der Waals surface area contributed by atoms with E-state index in [0.717, 1.165) is 19.8 Å². The Hall–Kier alpha value is -1.02. The van der Waals surface area contributed by atoms with E-state index >= 15 is 0 Å². The Morgan fingerprint density at radius 1 is 1.50 bits per heavy atom. The molecular weight excluding hydrogens is 387 g/mol. The van der Waals surface area contributed by atoms with Gasteiger partial charge in [0, 0.05) is 10.1 Å². The van der Waals surface area contributed by atoms with Crippen molar-refractivity contribution in [3.8, 4) is 0 Å². The Morgan fingerprint density at radius 2 is 2.25 bits per heavy atom. The van der Waals surface area contributed by atoms with Crippen LogP contribution in [0.4, 0.5) is 0 Å². The number of hydrogen-bond donors (Lipinski definition) is 1. The van der Waals surface area contributed by atoms with E-state index in [1.54, 1.807) is 0 Å². The monoisotopic (exact) mass is 402 g/mol. The number of allylic oxidation sites excluding steroid dienone is 2. The van der Waals surface area contributed by atoms with Gasteiger partial charge >= 0.3 is 5.97 Å². The summed E-state index contributed by atoms with van der Waals surface area (Å²) in [5.74, 6) is -0.805. The van der Waals surface area contributed by atoms with Crippen LogP contribution in [-0.2, 0) is 11.3 Å². The molecule has 20 heavy (non-hydrogen) atoms. The number of carbonyl (C=O) groups is 1. The van der Waals surface area contributed by atoms with Crippen LogP contribution >= 0.6 is 34.4 Å². The molecule has 0 aliphatic carbocycles. The van der Waals surface area contributed by atoms with Gasteiger partial charge in [0.1, 0.15) is 0 Å². The van der Waals surface area contributed by atoms with Gasteiger partial charge in [-0.3, -0.25) is 4.79 Å². The summed E-state index contributed by atoms with van der Waals surface area (Å²) >= 11 is 3.51. The van der Waals surface area contributed by atoms with Crippen LogP contribution in [0.15, 0.2) is 35.0 Å². The third-order valence-corrected chi connectivity index (χ3v) is 4.31. The van der Waals surface area contributed by atoms with Crippen molar-refractivity contribution in [2.45, 2.75) is 25.5 Å². The van der Waals surface area contributed by atoms with Crippen molar-refractivity contribution in [3.63, 3.8) is 0 Å². The normalized spacial score (nSPS) is 10.8. The van der Waals surface area contributed by atoms with E-state index in [1.165, 1.54) is 17.3 Å². The first-order valence-corrected chi connectivity index (χ1v) is 8.17. The lowest BCUT2D eigenvalue weighted by Crippen LogP contribution is -2.02. The Labute approximate surface area is 135 Å². The van der Waals surface area contributed by atoms with Crippen LogP contribution in [0.5, 0.6) is 0 Å². The summed E-state index contributed by atoms with van der Waals surface area (Å²) in [5.41, 5.74) is 3.18. The molecule has 0 aliphatic rings. The summed E-state index contributed by atoms with van der Waals surface area (Å²) < 4.78 is 3.18. The zero-order valence-corrected chi connectivity index (χ0v) is 14.2. The molecule has 0 spiro atoms. The predicted molar refractivity (Wildman–Crippen MR) is 90.2 cm³/mol. The Bertz CT molecular complexity index is 675. The number of rotatable bonds is 5.